The number of rotatable bonds is 3. The molecular weight excluding hydrogens is 325 g/mol. The van der Waals surface area contributed by atoms with E-state index in [1.54, 1.807) is 11.3 Å². The highest BCUT2D eigenvalue weighted by molar-refractivity contribution is 14.1. The molecule has 0 aliphatic carbocycles. The van der Waals surface area contributed by atoms with E-state index in [1.165, 1.54) is 2.88 Å². The fourth-order valence-corrected chi connectivity index (χ4v) is 2.40. The maximum Gasteiger partial charge on any atom is 0.258 e. The molecule has 15 heavy (non-hydrogen) atoms. The molecule has 0 aromatic carbocycles. The van der Waals surface area contributed by atoms with Gasteiger partial charge in [-0.05, 0) is 28.7 Å². The standard InChI is InChI=1S/C9H10IN3OS/c1-5(3-11)8-12-9(14-13-8)6-2-7(10)15-4-6/h2,4-5H,3,11H2,1H3. The summed E-state index contributed by atoms with van der Waals surface area (Å²) in [5.74, 6) is 1.39. The molecule has 80 valence electrons. The maximum atomic E-state index is 5.54. The molecule has 0 saturated carbocycles. The van der Waals surface area contributed by atoms with Crippen molar-refractivity contribution in [1.82, 2.24) is 10.1 Å². The van der Waals surface area contributed by atoms with E-state index in [4.69, 9.17) is 10.3 Å². The molecule has 0 spiro atoms. The van der Waals surface area contributed by atoms with Crippen molar-refractivity contribution in [3.63, 3.8) is 0 Å². The van der Waals surface area contributed by atoms with Crippen LogP contribution in [0.3, 0.4) is 0 Å². The fourth-order valence-electron chi connectivity index (χ4n) is 1.08. The van der Waals surface area contributed by atoms with Gasteiger partial charge in [0.25, 0.3) is 5.89 Å². The van der Waals surface area contributed by atoms with E-state index >= 15 is 0 Å². The first kappa shape index (κ1) is 11.0. The lowest BCUT2D eigenvalue weighted by Crippen LogP contribution is -2.10. The number of aromatic nitrogens is 2. The summed E-state index contributed by atoms with van der Waals surface area (Å²) >= 11 is 3.92. The van der Waals surface area contributed by atoms with Crippen LogP contribution >= 0.6 is 33.9 Å². The molecule has 1 atom stereocenters. The van der Waals surface area contributed by atoms with Crippen LogP contribution in [0.25, 0.3) is 11.5 Å². The summed E-state index contributed by atoms with van der Waals surface area (Å²) in [6, 6.07) is 2.02. The number of nitrogens with zero attached hydrogens (tertiary/aromatic N) is 2. The highest BCUT2D eigenvalue weighted by Crippen LogP contribution is 2.26. The van der Waals surface area contributed by atoms with Crippen molar-refractivity contribution in [3.8, 4) is 11.5 Å². The van der Waals surface area contributed by atoms with E-state index in [1.807, 2.05) is 18.4 Å². The fraction of sp³-hybridized carbons (Fsp3) is 0.333. The zero-order chi connectivity index (χ0) is 10.8. The summed E-state index contributed by atoms with van der Waals surface area (Å²) in [6.45, 7) is 2.51. The molecule has 0 radical (unpaired) electrons. The Morgan fingerprint density at radius 1 is 1.67 bits per heavy atom. The predicted molar refractivity (Wildman–Crippen MR) is 67.8 cm³/mol. The van der Waals surface area contributed by atoms with Gasteiger partial charge < -0.3 is 10.3 Å². The van der Waals surface area contributed by atoms with Gasteiger partial charge in [-0.25, -0.2) is 0 Å². The summed E-state index contributed by atoms with van der Waals surface area (Å²) in [6.07, 6.45) is 0. The van der Waals surface area contributed by atoms with Crippen LogP contribution in [0, 0.1) is 2.88 Å². The van der Waals surface area contributed by atoms with Crippen molar-refractivity contribution in [2.45, 2.75) is 12.8 Å². The van der Waals surface area contributed by atoms with Crippen molar-refractivity contribution in [2.24, 2.45) is 5.73 Å². The van der Waals surface area contributed by atoms with Crippen molar-refractivity contribution >= 4 is 33.9 Å². The van der Waals surface area contributed by atoms with Crippen LogP contribution < -0.4 is 5.73 Å². The zero-order valence-electron chi connectivity index (χ0n) is 8.11. The lowest BCUT2D eigenvalue weighted by Gasteiger charge is -1.98. The molecule has 0 amide bonds. The quantitative estimate of drug-likeness (QED) is 0.875. The summed E-state index contributed by atoms with van der Waals surface area (Å²) < 4.78 is 6.38. The number of hydrogen-bond acceptors (Lipinski definition) is 5. The smallest absolute Gasteiger partial charge is 0.258 e. The van der Waals surface area contributed by atoms with Gasteiger partial charge in [-0.2, -0.15) is 4.98 Å². The molecule has 2 N–H and O–H groups in total. The number of hydrogen-bond donors (Lipinski definition) is 1. The van der Waals surface area contributed by atoms with E-state index in [0.29, 0.717) is 18.3 Å². The molecule has 2 aromatic rings. The van der Waals surface area contributed by atoms with Gasteiger partial charge >= 0.3 is 0 Å². The third kappa shape index (κ3) is 2.37. The Morgan fingerprint density at radius 2 is 2.47 bits per heavy atom. The van der Waals surface area contributed by atoms with E-state index < -0.39 is 0 Å². The van der Waals surface area contributed by atoms with Crippen LogP contribution in [0.1, 0.15) is 18.7 Å². The Hall–Kier alpha value is -0.470. The average Bonchev–Trinajstić information content (AvgIpc) is 2.84. The third-order valence-electron chi connectivity index (χ3n) is 2.05. The summed E-state index contributed by atoms with van der Waals surface area (Å²) in [5, 5.41) is 5.91. The van der Waals surface area contributed by atoms with Gasteiger partial charge in [0.2, 0.25) is 0 Å². The minimum atomic E-state index is 0.139. The van der Waals surface area contributed by atoms with Gasteiger partial charge in [-0.3, -0.25) is 0 Å². The SMILES string of the molecule is CC(CN)c1noc(-c2csc(I)c2)n1. The average molecular weight is 335 g/mol. The lowest BCUT2D eigenvalue weighted by molar-refractivity contribution is 0.418. The number of nitrogens with two attached hydrogens (primary N) is 1. The van der Waals surface area contributed by atoms with E-state index in [9.17, 15) is 0 Å². The Morgan fingerprint density at radius 3 is 3.07 bits per heavy atom. The van der Waals surface area contributed by atoms with Gasteiger partial charge in [-0.1, -0.05) is 12.1 Å². The second kappa shape index (κ2) is 4.58. The topological polar surface area (TPSA) is 64.9 Å². The van der Waals surface area contributed by atoms with Gasteiger partial charge in [0.05, 0.1) is 8.45 Å². The molecule has 0 aliphatic heterocycles. The van der Waals surface area contributed by atoms with Crippen molar-refractivity contribution in [2.75, 3.05) is 6.54 Å². The Labute approximate surface area is 105 Å². The molecular formula is C9H10IN3OS. The van der Waals surface area contributed by atoms with E-state index in [-0.39, 0.29) is 5.92 Å². The Balaban J connectivity index is 2.27. The summed E-state index contributed by atoms with van der Waals surface area (Å²) in [7, 11) is 0. The molecule has 2 aromatic heterocycles. The first-order valence-electron chi connectivity index (χ1n) is 4.48. The number of halogens is 1. The van der Waals surface area contributed by atoms with Gasteiger partial charge in [0, 0.05) is 17.8 Å². The minimum absolute atomic E-state index is 0.139. The highest BCUT2D eigenvalue weighted by atomic mass is 127. The minimum Gasteiger partial charge on any atom is -0.334 e. The van der Waals surface area contributed by atoms with Crippen LogP contribution in [0.2, 0.25) is 0 Å². The first-order chi connectivity index (χ1) is 7.20. The zero-order valence-corrected chi connectivity index (χ0v) is 11.1. The highest BCUT2D eigenvalue weighted by Gasteiger charge is 2.14. The van der Waals surface area contributed by atoms with Gasteiger partial charge in [0.1, 0.15) is 0 Å². The maximum absolute atomic E-state index is 5.54. The van der Waals surface area contributed by atoms with E-state index in [2.05, 4.69) is 32.7 Å². The predicted octanol–water partition coefficient (Wildman–Crippen LogP) is 2.46. The normalized spacial score (nSPS) is 13.0. The summed E-state index contributed by atoms with van der Waals surface area (Å²) in [4.78, 5) is 4.31. The molecule has 2 heterocycles. The molecule has 1 unspecified atom stereocenters. The molecule has 2 rings (SSSR count). The van der Waals surface area contributed by atoms with Crippen LogP contribution in [0.5, 0.6) is 0 Å². The third-order valence-corrected chi connectivity index (χ3v) is 3.84. The van der Waals surface area contributed by atoms with Crippen molar-refractivity contribution < 1.29 is 4.52 Å². The lowest BCUT2D eigenvalue weighted by atomic mass is 10.2. The molecule has 0 fully saturated rings. The second-order valence-electron chi connectivity index (χ2n) is 3.23. The van der Waals surface area contributed by atoms with Gasteiger partial charge in [0.15, 0.2) is 5.82 Å². The van der Waals surface area contributed by atoms with Crippen LogP contribution in [-0.2, 0) is 0 Å². The number of thiophene rings is 1. The van der Waals surface area contributed by atoms with E-state index in [0.717, 1.165) is 5.56 Å². The first-order valence-corrected chi connectivity index (χ1v) is 6.44. The van der Waals surface area contributed by atoms with Crippen LogP contribution in [0.4, 0.5) is 0 Å². The monoisotopic (exact) mass is 335 g/mol. The Kier molecular flexibility index (Phi) is 3.37. The van der Waals surface area contributed by atoms with Crippen molar-refractivity contribution in [1.29, 1.82) is 0 Å². The molecule has 6 heteroatoms. The second-order valence-corrected chi connectivity index (χ2v) is 6.04. The van der Waals surface area contributed by atoms with Crippen molar-refractivity contribution in [3.05, 3.63) is 20.2 Å². The summed E-state index contributed by atoms with van der Waals surface area (Å²) in [5.41, 5.74) is 6.51. The molecule has 0 bridgehead atoms. The van der Waals surface area contributed by atoms with Crippen LogP contribution in [-0.4, -0.2) is 16.7 Å². The Bertz CT molecular complexity index is 454. The molecule has 0 aliphatic rings. The molecule has 4 nitrogen and oxygen atoms in total. The van der Waals surface area contributed by atoms with Crippen LogP contribution in [0.15, 0.2) is 16.0 Å². The largest absolute Gasteiger partial charge is 0.334 e. The van der Waals surface area contributed by atoms with Gasteiger partial charge in [-0.15, -0.1) is 11.3 Å². The molecule has 0 saturated heterocycles.